The van der Waals surface area contributed by atoms with Gasteiger partial charge in [-0.05, 0) is 86.9 Å². The number of halogens is 2. The number of carbonyl (C=O) groups excluding carboxylic acids is 2. The lowest BCUT2D eigenvalue weighted by molar-refractivity contribution is -0.142. The maximum Gasteiger partial charge on any atom is 0.528 e. The van der Waals surface area contributed by atoms with Gasteiger partial charge in [-0.1, -0.05) is 54.1 Å². The summed E-state index contributed by atoms with van der Waals surface area (Å²) in [5.41, 5.74) is 3.65. The third-order valence-corrected chi connectivity index (χ3v) is 6.96. The monoisotopic (exact) mass is 602 g/mol. The van der Waals surface area contributed by atoms with Crippen molar-refractivity contribution in [3.63, 3.8) is 0 Å². The molecule has 0 fully saturated rings. The van der Waals surface area contributed by atoms with Crippen molar-refractivity contribution in [1.29, 1.82) is 0 Å². The zero-order valence-corrected chi connectivity index (χ0v) is 25.1. The SMILES string of the molecule is C[C@@H](NC(=O)c1nn(-c2ccc(Cl)cc2)c2c1CN(OC(=O)OC(C)(C)C)C/C2=C\c1ccc(F)cc1)c1ccccc1. The van der Waals surface area contributed by atoms with E-state index < -0.39 is 11.8 Å². The van der Waals surface area contributed by atoms with Crippen LogP contribution in [0, 0.1) is 5.82 Å². The minimum Gasteiger partial charge on any atom is -0.427 e. The number of amides is 1. The Labute approximate surface area is 254 Å². The maximum atomic E-state index is 13.8. The van der Waals surface area contributed by atoms with E-state index in [1.54, 1.807) is 49.7 Å². The highest BCUT2D eigenvalue weighted by atomic mass is 35.5. The molecule has 2 heterocycles. The number of aromatic nitrogens is 2. The molecular formula is C33H32ClFN4O4. The van der Waals surface area contributed by atoms with Gasteiger partial charge in [0, 0.05) is 10.6 Å². The summed E-state index contributed by atoms with van der Waals surface area (Å²) in [7, 11) is 0. The van der Waals surface area contributed by atoms with Crippen molar-refractivity contribution < 1.29 is 23.6 Å². The summed E-state index contributed by atoms with van der Waals surface area (Å²) >= 11 is 6.17. The van der Waals surface area contributed by atoms with Gasteiger partial charge in [-0.2, -0.15) is 5.10 Å². The topological polar surface area (TPSA) is 85.7 Å². The molecule has 0 saturated heterocycles. The second-order valence-corrected chi connectivity index (χ2v) is 11.7. The van der Waals surface area contributed by atoms with Gasteiger partial charge in [0.25, 0.3) is 5.91 Å². The molecule has 43 heavy (non-hydrogen) atoms. The highest BCUT2D eigenvalue weighted by molar-refractivity contribution is 6.30. The summed E-state index contributed by atoms with van der Waals surface area (Å²) in [5, 5.41) is 9.81. The van der Waals surface area contributed by atoms with Crippen LogP contribution in [0.4, 0.5) is 9.18 Å². The predicted octanol–water partition coefficient (Wildman–Crippen LogP) is 7.38. The van der Waals surface area contributed by atoms with Crippen LogP contribution in [0.5, 0.6) is 0 Å². The van der Waals surface area contributed by atoms with Crippen molar-refractivity contribution in [2.75, 3.05) is 6.54 Å². The number of benzene rings is 3. The second-order valence-electron chi connectivity index (χ2n) is 11.2. The van der Waals surface area contributed by atoms with Crippen molar-refractivity contribution in [2.24, 2.45) is 0 Å². The van der Waals surface area contributed by atoms with Gasteiger partial charge in [0.05, 0.1) is 30.5 Å². The molecule has 0 radical (unpaired) electrons. The normalized spacial score (nSPS) is 15.1. The van der Waals surface area contributed by atoms with E-state index in [0.29, 0.717) is 33.1 Å². The summed E-state index contributed by atoms with van der Waals surface area (Å²) in [4.78, 5) is 32.1. The average molecular weight is 603 g/mol. The molecule has 1 atom stereocenters. The van der Waals surface area contributed by atoms with Crippen molar-refractivity contribution >= 4 is 35.3 Å². The molecule has 1 aliphatic heterocycles. The van der Waals surface area contributed by atoms with Crippen LogP contribution in [0.25, 0.3) is 17.3 Å². The van der Waals surface area contributed by atoms with Gasteiger partial charge in [0.2, 0.25) is 0 Å². The van der Waals surface area contributed by atoms with Crippen molar-refractivity contribution in [3.05, 3.63) is 118 Å². The van der Waals surface area contributed by atoms with E-state index in [1.165, 1.54) is 17.2 Å². The van der Waals surface area contributed by atoms with Crippen molar-refractivity contribution in [1.82, 2.24) is 20.2 Å². The average Bonchev–Trinajstić information content (AvgIpc) is 3.34. The number of hydroxylamine groups is 2. The quantitative estimate of drug-likeness (QED) is 0.232. The zero-order valence-electron chi connectivity index (χ0n) is 24.3. The number of fused-ring (bicyclic) bond motifs is 1. The van der Waals surface area contributed by atoms with E-state index in [4.69, 9.17) is 26.3 Å². The number of rotatable bonds is 6. The summed E-state index contributed by atoms with van der Waals surface area (Å²) in [6, 6.07) is 22.4. The Morgan fingerprint density at radius 3 is 2.33 bits per heavy atom. The fraction of sp³-hybridized carbons (Fsp3) is 0.242. The Hall–Kier alpha value is -4.47. The highest BCUT2D eigenvalue weighted by Crippen LogP contribution is 2.34. The first-order valence-corrected chi connectivity index (χ1v) is 14.2. The minimum absolute atomic E-state index is 0.0748. The summed E-state index contributed by atoms with van der Waals surface area (Å²) < 4.78 is 20.8. The molecule has 222 valence electrons. The van der Waals surface area contributed by atoms with Crippen LogP contribution in [0.1, 0.15) is 66.6 Å². The van der Waals surface area contributed by atoms with Crippen molar-refractivity contribution in [3.8, 4) is 5.69 Å². The van der Waals surface area contributed by atoms with Gasteiger partial charge in [0.15, 0.2) is 5.69 Å². The lowest BCUT2D eigenvalue weighted by Crippen LogP contribution is -2.36. The van der Waals surface area contributed by atoms with Gasteiger partial charge in [0.1, 0.15) is 11.4 Å². The lowest BCUT2D eigenvalue weighted by Gasteiger charge is -2.29. The molecule has 0 spiro atoms. The standard InChI is InChI=1S/C33H32ClFN4O4/c1-21(23-8-6-5-7-9-23)36-31(40)29-28-20-38(43-32(41)42-33(2,3)4)19-24(18-22-10-14-26(35)15-11-22)30(28)39(37-29)27-16-12-25(34)13-17-27/h5-18,21H,19-20H2,1-4H3,(H,36,40)/b24-18+/t21-/m1/s1. The number of nitrogens with zero attached hydrogens (tertiary/aromatic N) is 3. The van der Waals surface area contributed by atoms with Gasteiger partial charge in [-0.25, -0.2) is 13.9 Å². The molecule has 8 nitrogen and oxygen atoms in total. The van der Waals surface area contributed by atoms with E-state index in [0.717, 1.165) is 5.56 Å². The van der Waals surface area contributed by atoms with Crippen LogP contribution < -0.4 is 5.32 Å². The Morgan fingerprint density at radius 2 is 1.67 bits per heavy atom. The Balaban J connectivity index is 1.61. The maximum absolute atomic E-state index is 13.8. The van der Waals surface area contributed by atoms with Crippen LogP contribution in [-0.2, 0) is 16.1 Å². The second kappa shape index (κ2) is 12.4. The Morgan fingerprint density at radius 1 is 1.00 bits per heavy atom. The van der Waals surface area contributed by atoms with E-state index in [9.17, 15) is 14.0 Å². The number of nitrogens with one attached hydrogen (secondary N) is 1. The third-order valence-electron chi connectivity index (χ3n) is 6.71. The molecular weight excluding hydrogens is 571 g/mol. The number of ether oxygens (including phenoxy) is 1. The Kier molecular flexibility index (Phi) is 8.66. The van der Waals surface area contributed by atoms with Crippen molar-refractivity contribution in [2.45, 2.75) is 45.9 Å². The van der Waals surface area contributed by atoms with Crippen LogP contribution in [0.15, 0.2) is 78.9 Å². The van der Waals surface area contributed by atoms with Gasteiger partial charge >= 0.3 is 6.16 Å². The fourth-order valence-electron chi connectivity index (χ4n) is 4.78. The molecule has 4 aromatic rings. The first-order chi connectivity index (χ1) is 20.5. The van der Waals surface area contributed by atoms with Crippen LogP contribution >= 0.6 is 11.6 Å². The Bertz CT molecular complexity index is 1650. The van der Waals surface area contributed by atoms with Crippen LogP contribution in [0.3, 0.4) is 0 Å². The molecule has 0 bridgehead atoms. The zero-order chi connectivity index (χ0) is 30.7. The summed E-state index contributed by atoms with van der Waals surface area (Å²) in [5.74, 6) is -0.750. The number of hydrogen-bond acceptors (Lipinski definition) is 6. The van der Waals surface area contributed by atoms with E-state index in [1.807, 2.05) is 55.5 Å². The van der Waals surface area contributed by atoms with E-state index >= 15 is 0 Å². The lowest BCUT2D eigenvalue weighted by atomic mass is 9.98. The molecule has 1 aliphatic rings. The number of carbonyl (C=O) groups is 2. The van der Waals surface area contributed by atoms with Gasteiger partial charge in [-0.3, -0.25) is 4.79 Å². The summed E-state index contributed by atoms with van der Waals surface area (Å²) in [6.07, 6.45) is 0.983. The molecule has 10 heteroatoms. The van der Waals surface area contributed by atoms with E-state index in [-0.39, 0.29) is 36.5 Å². The molecule has 1 aromatic heterocycles. The predicted molar refractivity (Wildman–Crippen MR) is 163 cm³/mol. The third kappa shape index (κ3) is 7.31. The molecule has 1 N–H and O–H groups in total. The van der Waals surface area contributed by atoms with Gasteiger partial charge in [-0.15, -0.1) is 5.06 Å². The highest BCUT2D eigenvalue weighted by Gasteiger charge is 2.34. The molecule has 5 rings (SSSR count). The smallest absolute Gasteiger partial charge is 0.427 e. The fourth-order valence-corrected chi connectivity index (χ4v) is 4.91. The first kappa shape index (κ1) is 30.0. The minimum atomic E-state index is -0.870. The molecule has 1 amide bonds. The largest absolute Gasteiger partial charge is 0.528 e. The van der Waals surface area contributed by atoms with E-state index in [2.05, 4.69) is 5.32 Å². The molecule has 0 unspecified atom stereocenters. The molecule has 0 aliphatic carbocycles. The number of hydrogen-bond donors (Lipinski definition) is 1. The molecule has 3 aromatic carbocycles. The van der Waals surface area contributed by atoms with Crippen LogP contribution in [-0.4, -0.2) is 39.1 Å². The summed E-state index contributed by atoms with van der Waals surface area (Å²) in [6.45, 7) is 7.36. The van der Waals surface area contributed by atoms with Crippen LogP contribution in [0.2, 0.25) is 5.02 Å². The van der Waals surface area contributed by atoms with Gasteiger partial charge < -0.3 is 14.9 Å². The first-order valence-electron chi connectivity index (χ1n) is 13.8. The molecule has 0 saturated carbocycles.